The molecule has 0 unspecified atom stereocenters. The zero-order valence-corrected chi connectivity index (χ0v) is 18.0. The molecule has 8 heteroatoms. The van der Waals surface area contributed by atoms with E-state index in [1.165, 1.54) is 0 Å². The molecule has 6 nitrogen and oxygen atoms in total. The molecule has 0 saturated heterocycles. The van der Waals surface area contributed by atoms with E-state index in [0.29, 0.717) is 26.1 Å². The van der Waals surface area contributed by atoms with Crippen molar-refractivity contribution in [2.45, 2.75) is 0 Å². The molecule has 0 radical (unpaired) electrons. The van der Waals surface area contributed by atoms with Crippen molar-refractivity contribution < 1.29 is 9.53 Å². The molecule has 0 aliphatic heterocycles. The van der Waals surface area contributed by atoms with Crippen LogP contribution < -0.4 is 9.54 Å². The summed E-state index contributed by atoms with van der Waals surface area (Å²) in [7, 11) is 1.58. The summed E-state index contributed by atoms with van der Waals surface area (Å²) in [5.74, 6) is 0.480. The number of benzene rings is 3. The Morgan fingerprint density at radius 3 is 2.45 bits per heavy atom. The van der Waals surface area contributed by atoms with Crippen LogP contribution in [-0.4, -0.2) is 28.9 Å². The van der Waals surface area contributed by atoms with Crippen LogP contribution >= 0.6 is 22.9 Å². The highest BCUT2D eigenvalue weighted by atomic mass is 35.5. The van der Waals surface area contributed by atoms with E-state index in [1.54, 1.807) is 48.3 Å². The van der Waals surface area contributed by atoms with E-state index in [9.17, 15) is 4.79 Å². The third-order valence-electron chi connectivity index (χ3n) is 4.35. The van der Waals surface area contributed by atoms with Crippen LogP contribution in [0.2, 0.25) is 5.02 Å². The van der Waals surface area contributed by atoms with Gasteiger partial charge in [0.15, 0.2) is 5.01 Å². The number of carbonyl (C=O) groups is 1. The second-order valence-corrected chi connectivity index (χ2v) is 7.72. The van der Waals surface area contributed by atoms with Crippen molar-refractivity contribution in [3.05, 3.63) is 105 Å². The van der Waals surface area contributed by atoms with Crippen LogP contribution in [0.1, 0.15) is 20.9 Å². The number of para-hydroxylation sites is 1. The molecule has 4 aromatic rings. The van der Waals surface area contributed by atoms with Crippen molar-refractivity contribution in [1.29, 1.82) is 0 Å². The monoisotopic (exact) mass is 448 g/mol. The van der Waals surface area contributed by atoms with E-state index in [-0.39, 0.29) is 5.78 Å². The second-order valence-electron chi connectivity index (χ2n) is 6.36. The Morgan fingerprint density at radius 2 is 1.74 bits per heavy atom. The summed E-state index contributed by atoms with van der Waals surface area (Å²) in [4.78, 5) is 13.4. The van der Waals surface area contributed by atoms with Gasteiger partial charge in [0.1, 0.15) is 5.75 Å². The number of hydrogen-bond donors (Lipinski definition) is 0. The molecule has 3 aromatic carbocycles. The lowest BCUT2D eigenvalue weighted by atomic mass is 10.1. The van der Waals surface area contributed by atoms with Crippen LogP contribution in [0, 0.1) is 0 Å². The summed E-state index contributed by atoms with van der Waals surface area (Å²) < 4.78 is 6.76. The Bertz CT molecular complexity index is 1300. The highest BCUT2D eigenvalue weighted by molar-refractivity contribution is 7.11. The number of halogens is 1. The average Bonchev–Trinajstić information content (AvgIpc) is 3.24. The second kappa shape index (κ2) is 9.51. The van der Waals surface area contributed by atoms with E-state index in [4.69, 9.17) is 16.3 Å². The molecule has 0 aliphatic carbocycles. The highest BCUT2D eigenvalue weighted by Gasteiger charge is 2.16. The number of ketones is 1. The Hall–Kier alpha value is -3.55. The summed E-state index contributed by atoms with van der Waals surface area (Å²) >= 11 is 7.33. The fraction of sp³-hybridized carbons (Fsp3) is 0.0435. The van der Waals surface area contributed by atoms with Crippen molar-refractivity contribution in [3.63, 3.8) is 0 Å². The van der Waals surface area contributed by atoms with Gasteiger partial charge in [-0.3, -0.25) is 4.79 Å². The minimum absolute atomic E-state index is 0.200. The minimum atomic E-state index is -0.200. The predicted molar refractivity (Wildman–Crippen MR) is 122 cm³/mol. The molecule has 0 spiro atoms. The topological polar surface area (TPSA) is 68.8 Å². The van der Waals surface area contributed by atoms with E-state index in [1.807, 2.05) is 48.5 Å². The van der Waals surface area contributed by atoms with Crippen LogP contribution in [0.5, 0.6) is 5.75 Å². The van der Waals surface area contributed by atoms with Gasteiger partial charge in [0.25, 0.3) is 0 Å². The first-order valence-electron chi connectivity index (χ1n) is 9.31. The molecule has 154 valence electrons. The molecule has 1 aromatic heterocycles. The number of nitrogens with zero attached hydrogens (tertiary/aromatic N) is 4. The van der Waals surface area contributed by atoms with Gasteiger partial charge < -0.3 is 4.74 Å². The smallest absolute Gasteiger partial charge is 0.233 e. The van der Waals surface area contributed by atoms with Crippen LogP contribution in [-0.2, 0) is 0 Å². The Kier molecular flexibility index (Phi) is 6.35. The third-order valence-corrected chi connectivity index (χ3v) is 5.59. The molecule has 0 fully saturated rings. The van der Waals surface area contributed by atoms with Crippen molar-refractivity contribution in [1.82, 2.24) is 9.78 Å². The van der Waals surface area contributed by atoms with Gasteiger partial charge >= 0.3 is 0 Å². The van der Waals surface area contributed by atoms with Gasteiger partial charge in [-0.1, -0.05) is 59.3 Å². The summed E-state index contributed by atoms with van der Waals surface area (Å²) in [6.45, 7) is 0. The first kappa shape index (κ1) is 20.7. The predicted octanol–water partition coefficient (Wildman–Crippen LogP) is 4.76. The lowest BCUT2D eigenvalue weighted by Crippen LogP contribution is -2.14. The quantitative estimate of drug-likeness (QED) is 0.242. The maximum Gasteiger partial charge on any atom is 0.233 e. The first-order valence-corrected chi connectivity index (χ1v) is 10.5. The van der Waals surface area contributed by atoms with Crippen molar-refractivity contribution in [3.8, 4) is 11.4 Å². The third kappa shape index (κ3) is 4.79. The standard InChI is InChI=1S/C23H17ClN4O2S/c1-30-19-13-11-16(12-14-19)21(29)22-27-28(18-8-3-2-4-9-18)23(31-22)26-25-15-17-7-5-6-10-20(17)24/h2-15H,1H3. The molecule has 0 amide bonds. The molecule has 0 aliphatic rings. The normalized spacial score (nSPS) is 11.7. The first-order chi connectivity index (χ1) is 15.2. The number of rotatable bonds is 6. The molecular formula is C23H17ClN4O2S. The van der Waals surface area contributed by atoms with E-state index >= 15 is 0 Å². The zero-order chi connectivity index (χ0) is 21.6. The molecule has 0 saturated carbocycles. The molecule has 1 heterocycles. The van der Waals surface area contributed by atoms with E-state index < -0.39 is 0 Å². The maximum atomic E-state index is 13.0. The minimum Gasteiger partial charge on any atom is -0.497 e. The van der Waals surface area contributed by atoms with E-state index in [0.717, 1.165) is 22.6 Å². The molecule has 4 rings (SSSR count). The Balaban J connectivity index is 1.74. The highest BCUT2D eigenvalue weighted by Crippen LogP contribution is 2.16. The van der Waals surface area contributed by atoms with Gasteiger partial charge in [-0.15, -0.1) is 5.10 Å². The van der Waals surface area contributed by atoms with Crippen molar-refractivity contribution >= 4 is 34.9 Å². The van der Waals surface area contributed by atoms with Gasteiger partial charge in [-0.25, -0.2) is 4.68 Å². The lowest BCUT2D eigenvalue weighted by molar-refractivity contribution is 0.103. The zero-order valence-electron chi connectivity index (χ0n) is 16.5. The number of methoxy groups -OCH3 is 1. The number of hydrogen-bond acceptors (Lipinski definition) is 6. The SMILES string of the molecule is COc1ccc(C(=O)c2nn(-c3ccccc3)c(=NN=Cc3ccccc3Cl)s2)cc1. The summed E-state index contributed by atoms with van der Waals surface area (Å²) in [5, 5.41) is 13.9. The van der Waals surface area contributed by atoms with Crippen LogP contribution in [0.25, 0.3) is 5.69 Å². The lowest BCUT2D eigenvalue weighted by Gasteiger charge is -2.01. The largest absolute Gasteiger partial charge is 0.497 e. The maximum absolute atomic E-state index is 13.0. The van der Waals surface area contributed by atoms with E-state index in [2.05, 4.69) is 15.3 Å². The number of ether oxygens (including phenoxy) is 1. The van der Waals surface area contributed by atoms with Gasteiger partial charge in [0.05, 0.1) is 19.0 Å². The van der Waals surface area contributed by atoms with Crippen molar-refractivity contribution in [2.24, 2.45) is 10.2 Å². The molecule has 0 bridgehead atoms. The van der Waals surface area contributed by atoms with Crippen molar-refractivity contribution in [2.75, 3.05) is 7.11 Å². The van der Waals surface area contributed by atoms with Gasteiger partial charge in [0, 0.05) is 16.1 Å². The number of aromatic nitrogens is 2. The molecular weight excluding hydrogens is 432 g/mol. The molecule has 31 heavy (non-hydrogen) atoms. The fourth-order valence-electron chi connectivity index (χ4n) is 2.76. The van der Waals surface area contributed by atoms with Gasteiger partial charge in [0.2, 0.25) is 10.6 Å². The van der Waals surface area contributed by atoms with Crippen LogP contribution in [0.3, 0.4) is 0 Å². The van der Waals surface area contributed by atoms with Crippen LogP contribution in [0.15, 0.2) is 89.1 Å². The molecule has 0 atom stereocenters. The van der Waals surface area contributed by atoms with Gasteiger partial charge in [-0.2, -0.15) is 10.2 Å². The fourth-order valence-corrected chi connectivity index (χ4v) is 3.77. The Morgan fingerprint density at radius 1 is 1.03 bits per heavy atom. The summed E-state index contributed by atoms with van der Waals surface area (Å²) in [6.07, 6.45) is 1.57. The Labute approximate surface area is 187 Å². The average molecular weight is 449 g/mol. The van der Waals surface area contributed by atoms with Crippen LogP contribution in [0.4, 0.5) is 0 Å². The van der Waals surface area contributed by atoms with Gasteiger partial charge in [-0.05, 0) is 42.5 Å². The summed E-state index contributed by atoms with van der Waals surface area (Å²) in [6, 6.07) is 23.7. The number of carbonyl (C=O) groups excluding carboxylic acids is 1. The molecule has 0 N–H and O–H groups in total. The summed E-state index contributed by atoms with van der Waals surface area (Å²) in [5.41, 5.74) is 2.04.